The number of dihydropyridines is 1. The Bertz CT molecular complexity index is 1120. The van der Waals surface area contributed by atoms with Crippen LogP contribution in [-0.4, -0.2) is 16.7 Å². The molecule has 2 aromatic rings. The van der Waals surface area contributed by atoms with E-state index in [1.807, 2.05) is 32.0 Å². The average Bonchev–Trinajstić information content (AvgIpc) is 2.69. The van der Waals surface area contributed by atoms with Crippen molar-refractivity contribution in [2.75, 3.05) is 5.32 Å². The number of carbonyl (C=O) groups is 2. The first-order valence-electron chi connectivity index (χ1n) is 9.79. The molecule has 30 heavy (non-hydrogen) atoms. The number of hydrogen-bond acceptors (Lipinski definition) is 4. The molecule has 1 atom stereocenters. The molecule has 2 N–H and O–H groups in total. The summed E-state index contributed by atoms with van der Waals surface area (Å²) in [6.45, 7) is 3.70. The number of amides is 1. The van der Waals surface area contributed by atoms with Gasteiger partial charge >= 0.3 is 0 Å². The van der Waals surface area contributed by atoms with Crippen molar-refractivity contribution >= 4 is 40.7 Å². The number of Topliss-reactive ketones (excluding diaryl/α,β-unsaturated/α-hetero) is 1. The molecule has 0 saturated heterocycles. The Morgan fingerprint density at radius 3 is 2.67 bits per heavy atom. The Balaban J connectivity index is 1.83. The van der Waals surface area contributed by atoms with Crippen molar-refractivity contribution in [3.63, 3.8) is 0 Å². The van der Waals surface area contributed by atoms with Gasteiger partial charge in [0.2, 0.25) is 0 Å². The molecule has 154 valence electrons. The molecule has 2 aliphatic rings. The van der Waals surface area contributed by atoms with E-state index < -0.39 is 5.92 Å². The van der Waals surface area contributed by atoms with Crippen molar-refractivity contribution in [3.8, 4) is 0 Å². The van der Waals surface area contributed by atoms with Crippen molar-refractivity contribution in [2.24, 2.45) is 0 Å². The Morgan fingerprint density at radius 1 is 1.13 bits per heavy atom. The summed E-state index contributed by atoms with van der Waals surface area (Å²) in [5.74, 6) is -0.448. The molecule has 1 aliphatic carbocycles. The molecule has 0 unspecified atom stereocenters. The summed E-state index contributed by atoms with van der Waals surface area (Å²) in [5, 5.41) is 6.90. The van der Waals surface area contributed by atoms with Crippen molar-refractivity contribution in [3.05, 3.63) is 80.2 Å². The molecule has 0 saturated carbocycles. The van der Waals surface area contributed by atoms with E-state index in [2.05, 4.69) is 15.6 Å². The van der Waals surface area contributed by atoms with Crippen LogP contribution in [0.4, 0.5) is 5.82 Å². The van der Waals surface area contributed by atoms with Crippen LogP contribution in [0.5, 0.6) is 0 Å². The maximum Gasteiger partial charge on any atom is 0.255 e. The molecule has 1 aromatic carbocycles. The number of carbonyl (C=O) groups excluding carboxylic acids is 2. The van der Waals surface area contributed by atoms with Crippen LogP contribution in [0.2, 0.25) is 10.0 Å². The minimum Gasteiger partial charge on any atom is -0.362 e. The number of aryl methyl sites for hydroxylation is 1. The molecule has 0 fully saturated rings. The smallest absolute Gasteiger partial charge is 0.255 e. The second-order valence-corrected chi connectivity index (χ2v) is 8.31. The zero-order valence-electron chi connectivity index (χ0n) is 16.7. The summed E-state index contributed by atoms with van der Waals surface area (Å²) < 4.78 is 0. The number of nitrogens with zero attached hydrogens (tertiary/aromatic N) is 1. The average molecular weight is 442 g/mol. The number of allylic oxidation sites excluding steroid dienone is 3. The highest BCUT2D eigenvalue weighted by molar-refractivity contribution is 6.42. The van der Waals surface area contributed by atoms with Crippen molar-refractivity contribution in [2.45, 2.75) is 39.0 Å². The molecule has 7 heteroatoms. The van der Waals surface area contributed by atoms with Crippen LogP contribution in [-0.2, 0) is 9.59 Å². The number of nitrogens with one attached hydrogen (secondary N) is 2. The van der Waals surface area contributed by atoms with Gasteiger partial charge in [-0.05, 0) is 50.5 Å². The second kappa shape index (κ2) is 8.25. The highest BCUT2D eigenvalue weighted by atomic mass is 35.5. The van der Waals surface area contributed by atoms with Gasteiger partial charge in [0, 0.05) is 40.6 Å². The fourth-order valence-electron chi connectivity index (χ4n) is 4.14. The monoisotopic (exact) mass is 441 g/mol. The number of pyridine rings is 1. The lowest BCUT2D eigenvalue weighted by Crippen LogP contribution is -2.35. The number of aromatic nitrogens is 1. The fourth-order valence-corrected chi connectivity index (χ4v) is 4.55. The molecular formula is C23H21Cl2N3O2. The minimum atomic E-state index is -0.593. The van der Waals surface area contributed by atoms with Crippen LogP contribution in [0.3, 0.4) is 0 Å². The lowest BCUT2D eigenvalue weighted by atomic mass is 9.75. The van der Waals surface area contributed by atoms with Crippen molar-refractivity contribution < 1.29 is 9.59 Å². The number of anilines is 1. The van der Waals surface area contributed by atoms with Gasteiger partial charge in [-0.25, -0.2) is 4.98 Å². The number of halogens is 2. The summed E-state index contributed by atoms with van der Waals surface area (Å²) in [4.78, 5) is 30.7. The van der Waals surface area contributed by atoms with E-state index in [1.54, 1.807) is 18.2 Å². The highest BCUT2D eigenvalue weighted by Gasteiger charge is 2.39. The first kappa shape index (κ1) is 20.6. The molecular weight excluding hydrogens is 421 g/mol. The second-order valence-electron chi connectivity index (χ2n) is 7.53. The van der Waals surface area contributed by atoms with Crippen LogP contribution < -0.4 is 10.6 Å². The normalized spacial score (nSPS) is 18.8. The van der Waals surface area contributed by atoms with Gasteiger partial charge in [-0.15, -0.1) is 0 Å². The van der Waals surface area contributed by atoms with Gasteiger partial charge in [0.15, 0.2) is 5.78 Å². The van der Waals surface area contributed by atoms with E-state index in [1.165, 1.54) is 0 Å². The van der Waals surface area contributed by atoms with Gasteiger partial charge < -0.3 is 10.6 Å². The summed E-state index contributed by atoms with van der Waals surface area (Å²) in [7, 11) is 0. The maximum absolute atomic E-state index is 13.4. The molecule has 5 nitrogen and oxygen atoms in total. The van der Waals surface area contributed by atoms with E-state index in [4.69, 9.17) is 23.2 Å². The zero-order valence-corrected chi connectivity index (χ0v) is 18.2. The summed E-state index contributed by atoms with van der Waals surface area (Å²) >= 11 is 12.8. The molecule has 0 spiro atoms. The third-order valence-corrected chi connectivity index (χ3v) is 6.28. The van der Waals surface area contributed by atoms with E-state index >= 15 is 0 Å². The fraction of sp³-hybridized carbons (Fsp3) is 0.261. The topological polar surface area (TPSA) is 71.1 Å². The quantitative estimate of drug-likeness (QED) is 0.677. The zero-order chi connectivity index (χ0) is 21.4. The van der Waals surface area contributed by atoms with Gasteiger partial charge in [-0.1, -0.05) is 41.4 Å². The third kappa shape index (κ3) is 3.75. The van der Waals surface area contributed by atoms with E-state index in [-0.39, 0.29) is 11.7 Å². The lowest BCUT2D eigenvalue weighted by Gasteiger charge is -2.35. The predicted molar refractivity (Wildman–Crippen MR) is 119 cm³/mol. The van der Waals surface area contributed by atoms with E-state index in [9.17, 15) is 9.59 Å². The molecule has 1 aromatic heterocycles. The van der Waals surface area contributed by atoms with Crippen LogP contribution in [0.25, 0.3) is 0 Å². The van der Waals surface area contributed by atoms with Crippen LogP contribution in [0.1, 0.15) is 43.4 Å². The van der Waals surface area contributed by atoms with Crippen LogP contribution in [0, 0.1) is 6.92 Å². The molecule has 1 aliphatic heterocycles. The van der Waals surface area contributed by atoms with E-state index in [0.29, 0.717) is 44.7 Å². The number of hydrogen-bond donors (Lipinski definition) is 2. The minimum absolute atomic E-state index is 0.0243. The molecule has 0 bridgehead atoms. The third-order valence-electron chi connectivity index (χ3n) is 5.44. The first-order chi connectivity index (χ1) is 14.4. The summed E-state index contributed by atoms with van der Waals surface area (Å²) in [5.41, 5.74) is 4.02. The first-order valence-corrected chi connectivity index (χ1v) is 10.6. The lowest BCUT2D eigenvalue weighted by molar-refractivity contribution is -0.116. The maximum atomic E-state index is 13.4. The van der Waals surface area contributed by atoms with E-state index in [0.717, 1.165) is 24.2 Å². The van der Waals surface area contributed by atoms with Crippen LogP contribution >= 0.6 is 23.2 Å². The SMILES string of the molecule is CC1=C(C(=O)Nc2cccc(C)n2)[C@@H](c2cccc(Cl)c2Cl)C2=C(CCCC2=O)N1. The standard InChI is InChI=1S/C23H21Cl2N3O2/c1-12-6-3-11-18(26-12)28-23(30)19-13(2)27-16-9-5-10-17(29)21(16)20(19)14-7-4-8-15(24)22(14)25/h3-4,6-8,11,20,27H,5,9-10H2,1-2H3,(H,26,28,30)/t20-/m1/s1. The Kier molecular flexibility index (Phi) is 5.67. The number of ketones is 1. The molecule has 2 heterocycles. The van der Waals surface area contributed by atoms with Crippen LogP contribution in [0.15, 0.2) is 58.9 Å². The summed E-state index contributed by atoms with van der Waals surface area (Å²) in [6, 6.07) is 10.7. The largest absolute Gasteiger partial charge is 0.362 e. The number of rotatable bonds is 3. The number of benzene rings is 1. The Labute approximate surface area is 185 Å². The van der Waals surface area contributed by atoms with Gasteiger partial charge in [-0.3, -0.25) is 9.59 Å². The highest BCUT2D eigenvalue weighted by Crippen LogP contribution is 2.45. The Hall–Kier alpha value is -2.63. The summed E-state index contributed by atoms with van der Waals surface area (Å²) in [6.07, 6.45) is 1.98. The molecule has 0 radical (unpaired) electrons. The van der Waals surface area contributed by atoms with Crippen molar-refractivity contribution in [1.82, 2.24) is 10.3 Å². The van der Waals surface area contributed by atoms with Gasteiger partial charge in [0.25, 0.3) is 5.91 Å². The van der Waals surface area contributed by atoms with Gasteiger partial charge in [0.05, 0.1) is 10.0 Å². The Morgan fingerprint density at radius 2 is 1.90 bits per heavy atom. The molecule has 1 amide bonds. The molecule has 4 rings (SSSR count). The van der Waals surface area contributed by atoms with Gasteiger partial charge in [-0.2, -0.15) is 0 Å². The van der Waals surface area contributed by atoms with Crippen molar-refractivity contribution in [1.29, 1.82) is 0 Å². The predicted octanol–water partition coefficient (Wildman–Crippen LogP) is 5.30. The van der Waals surface area contributed by atoms with Gasteiger partial charge in [0.1, 0.15) is 5.82 Å².